The van der Waals surface area contributed by atoms with Gasteiger partial charge in [-0.15, -0.1) is 0 Å². The van der Waals surface area contributed by atoms with E-state index in [1.54, 1.807) is 0 Å². The molecule has 0 unspecified atom stereocenters. The van der Waals surface area contributed by atoms with Crippen LogP contribution in [0.1, 0.15) is 31.7 Å². The summed E-state index contributed by atoms with van der Waals surface area (Å²) in [5.41, 5.74) is 0.322. The van der Waals surface area contributed by atoms with E-state index in [0.29, 0.717) is 24.6 Å². The van der Waals surface area contributed by atoms with Crippen molar-refractivity contribution in [1.82, 2.24) is 4.31 Å². The molecule has 1 aliphatic rings. The quantitative estimate of drug-likeness (QED) is 0.855. The van der Waals surface area contributed by atoms with E-state index in [1.807, 2.05) is 6.92 Å². The molecule has 1 aromatic carbocycles. The Labute approximate surface area is 135 Å². The second-order valence-corrected chi connectivity index (χ2v) is 8.01. The normalized spacial score (nSPS) is 16.2. The van der Waals surface area contributed by atoms with E-state index in [-0.39, 0.29) is 21.5 Å². The molecule has 1 fully saturated rings. The number of nitrogens with zero attached hydrogens (tertiary/aromatic N) is 1. The van der Waals surface area contributed by atoms with Crippen molar-refractivity contribution in [1.29, 1.82) is 0 Å². The van der Waals surface area contributed by atoms with Gasteiger partial charge in [-0.25, -0.2) is 8.42 Å². The molecule has 0 amide bonds. The molecule has 4 nitrogen and oxygen atoms in total. The van der Waals surface area contributed by atoms with Crippen molar-refractivity contribution < 1.29 is 13.5 Å². The lowest BCUT2D eigenvalue weighted by Gasteiger charge is -2.31. The second-order valence-electron chi connectivity index (χ2n) is 5.29. The molecule has 118 valence electrons. The highest BCUT2D eigenvalue weighted by atomic mass is 35.5. The average Bonchev–Trinajstić information content (AvgIpc) is 2.39. The van der Waals surface area contributed by atoms with Crippen LogP contribution >= 0.6 is 23.2 Å². The van der Waals surface area contributed by atoms with Crippen molar-refractivity contribution in [2.24, 2.45) is 5.92 Å². The zero-order valence-electron chi connectivity index (χ0n) is 11.8. The van der Waals surface area contributed by atoms with Gasteiger partial charge in [0.05, 0.1) is 11.6 Å². The predicted molar refractivity (Wildman–Crippen MR) is 84.2 cm³/mol. The van der Waals surface area contributed by atoms with Crippen LogP contribution in [0.25, 0.3) is 0 Å². The fourth-order valence-corrected chi connectivity index (χ4v) is 4.85. The van der Waals surface area contributed by atoms with Gasteiger partial charge in [-0.3, -0.25) is 0 Å². The van der Waals surface area contributed by atoms with E-state index < -0.39 is 10.0 Å². The monoisotopic (exact) mass is 351 g/mol. The highest BCUT2D eigenvalue weighted by Gasteiger charge is 2.30. The average molecular weight is 352 g/mol. The number of hydrogen-bond acceptors (Lipinski definition) is 3. The van der Waals surface area contributed by atoms with Crippen molar-refractivity contribution in [2.75, 3.05) is 13.1 Å². The third-order valence-electron chi connectivity index (χ3n) is 3.91. The van der Waals surface area contributed by atoms with Gasteiger partial charge in [0.15, 0.2) is 0 Å². The molecule has 21 heavy (non-hydrogen) atoms. The molecule has 0 atom stereocenters. The minimum absolute atomic E-state index is 0.0260. The Balaban J connectivity index is 2.39. The van der Waals surface area contributed by atoms with Gasteiger partial charge in [-0.2, -0.15) is 4.31 Å². The van der Waals surface area contributed by atoms with Gasteiger partial charge in [-0.05, 0) is 36.5 Å². The molecule has 0 aromatic heterocycles. The molecule has 1 aromatic rings. The molecule has 2 rings (SSSR count). The fourth-order valence-electron chi connectivity index (χ4n) is 2.42. The molecule has 0 spiro atoms. The maximum atomic E-state index is 12.8. The van der Waals surface area contributed by atoms with E-state index in [2.05, 4.69) is 0 Å². The Hall–Kier alpha value is -0.330. The highest BCUT2D eigenvalue weighted by Crippen LogP contribution is 2.33. The smallest absolute Gasteiger partial charge is 0.244 e. The van der Waals surface area contributed by atoms with Crippen LogP contribution in [0.5, 0.6) is 0 Å². The van der Waals surface area contributed by atoms with Gasteiger partial charge in [-0.1, -0.05) is 36.5 Å². The Morgan fingerprint density at radius 1 is 1.33 bits per heavy atom. The number of aliphatic hydroxyl groups excluding tert-OH is 1. The number of benzene rings is 1. The van der Waals surface area contributed by atoms with Gasteiger partial charge < -0.3 is 5.11 Å². The molecule has 1 N–H and O–H groups in total. The zero-order valence-corrected chi connectivity index (χ0v) is 14.2. The number of aliphatic hydroxyl groups is 1. The van der Waals surface area contributed by atoms with Crippen molar-refractivity contribution in [3.05, 3.63) is 27.7 Å². The summed E-state index contributed by atoms with van der Waals surface area (Å²) in [6.45, 7) is 2.35. The second kappa shape index (κ2) is 6.84. The molecule has 0 aliphatic heterocycles. The van der Waals surface area contributed by atoms with E-state index in [0.717, 1.165) is 19.3 Å². The van der Waals surface area contributed by atoms with Crippen LogP contribution in [0.4, 0.5) is 0 Å². The molecular formula is C14H19Cl2NO3S. The molecule has 0 bridgehead atoms. The lowest BCUT2D eigenvalue weighted by Crippen LogP contribution is -2.37. The number of hydrogen-bond donors (Lipinski definition) is 1. The fraction of sp³-hybridized carbons (Fsp3) is 0.571. The van der Waals surface area contributed by atoms with Crippen LogP contribution < -0.4 is 0 Å². The first kappa shape index (κ1) is 17.0. The summed E-state index contributed by atoms with van der Waals surface area (Å²) >= 11 is 12.1. The minimum Gasteiger partial charge on any atom is -0.392 e. The summed E-state index contributed by atoms with van der Waals surface area (Å²) in [6.07, 6.45) is 3.29. The first-order chi connectivity index (χ1) is 9.90. The lowest BCUT2D eigenvalue weighted by molar-refractivity contribution is 0.250. The Morgan fingerprint density at radius 2 is 2.00 bits per heavy atom. The third-order valence-corrected chi connectivity index (χ3v) is 6.65. The summed E-state index contributed by atoms with van der Waals surface area (Å²) in [5, 5.41) is 9.57. The topological polar surface area (TPSA) is 57.6 Å². The zero-order chi connectivity index (χ0) is 15.6. The number of sulfonamides is 1. The van der Waals surface area contributed by atoms with Crippen LogP contribution in [0.15, 0.2) is 17.0 Å². The van der Waals surface area contributed by atoms with Crippen LogP contribution in [-0.2, 0) is 16.6 Å². The molecule has 0 saturated heterocycles. The van der Waals surface area contributed by atoms with Crippen molar-refractivity contribution in [3.63, 3.8) is 0 Å². The highest BCUT2D eigenvalue weighted by molar-refractivity contribution is 7.89. The van der Waals surface area contributed by atoms with Crippen LogP contribution in [0, 0.1) is 5.92 Å². The maximum absolute atomic E-state index is 12.8. The summed E-state index contributed by atoms with van der Waals surface area (Å²) < 4.78 is 27.0. The van der Waals surface area contributed by atoms with Gasteiger partial charge in [0, 0.05) is 18.1 Å². The van der Waals surface area contributed by atoms with Crippen LogP contribution in [-0.4, -0.2) is 30.9 Å². The van der Waals surface area contributed by atoms with E-state index in [9.17, 15) is 13.5 Å². The molecule has 0 heterocycles. The van der Waals surface area contributed by atoms with Crippen molar-refractivity contribution >= 4 is 33.2 Å². The SMILES string of the molecule is CCN(CC1CCC1)S(=O)(=O)c1cc(Cl)cc(CO)c1Cl. The van der Waals surface area contributed by atoms with Crippen molar-refractivity contribution in [3.8, 4) is 0 Å². The number of halogens is 2. The van der Waals surface area contributed by atoms with E-state index >= 15 is 0 Å². The largest absolute Gasteiger partial charge is 0.392 e. The van der Waals surface area contributed by atoms with Gasteiger partial charge in [0.2, 0.25) is 10.0 Å². The first-order valence-corrected chi connectivity index (χ1v) is 9.18. The van der Waals surface area contributed by atoms with Gasteiger partial charge >= 0.3 is 0 Å². The van der Waals surface area contributed by atoms with Gasteiger partial charge in [0.1, 0.15) is 4.90 Å². The Bertz CT molecular complexity index is 615. The molecule has 7 heteroatoms. The van der Waals surface area contributed by atoms with Crippen molar-refractivity contribution in [2.45, 2.75) is 37.7 Å². The molecular weight excluding hydrogens is 333 g/mol. The lowest BCUT2D eigenvalue weighted by atomic mass is 9.85. The molecule has 1 aliphatic carbocycles. The first-order valence-electron chi connectivity index (χ1n) is 6.99. The maximum Gasteiger partial charge on any atom is 0.244 e. The summed E-state index contributed by atoms with van der Waals surface area (Å²) in [6, 6.07) is 2.83. The Kier molecular flexibility index (Phi) is 5.54. The molecule has 0 radical (unpaired) electrons. The van der Waals surface area contributed by atoms with E-state index in [4.69, 9.17) is 23.2 Å². The van der Waals surface area contributed by atoms with E-state index in [1.165, 1.54) is 16.4 Å². The predicted octanol–water partition coefficient (Wildman–Crippen LogP) is 3.30. The standard InChI is InChI=1S/C14H19Cl2NO3S/c1-2-17(8-10-4-3-5-10)21(19,20)13-7-12(15)6-11(9-18)14(13)16/h6-7,10,18H,2-5,8-9H2,1H3. The number of rotatable bonds is 6. The van der Waals surface area contributed by atoms with Crippen LogP contribution in [0.2, 0.25) is 10.0 Å². The van der Waals surface area contributed by atoms with Gasteiger partial charge in [0.25, 0.3) is 0 Å². The molecule has 1 saturated carbocycles. The summed E-state index contributed by atoms with van der Waals surface area (Å²) in [5.74, 6) is 0.426. The third kappa shape index (κ3) is 3.54. The summed E-state index contributed by atoms with van der Waals surface area (Å²) in [4.78, 5) is -0.0260. The summed E-state index contributed by atoms with van der Waals surface area (Å²) in [7, 11) is -3.70. The minimum atomic E-state index is -3.70. The Morgan fingerprint density at radius 3 is 2.48 bits per heavy atom. The van der Waals surface area contributed by atoms with Crippen LogP contribution in [0.3, 0.4) is 0 Å².